The first kappa shape index (κ1) is 23.0. The summed E-state index contributed by atoms with van der Waals surface area (Å²) in [6, 6.07) is 6.96. The van der Waals surface area contributed by atoms with Crippen LogP contribution in [0, 0.1) is 11.6 Å². The number of ether oxygens (including phenoxy) is 1. The number of halogens is 4. The van der Waals surface area contributed by atoms with E-state index in [2.05, 4.69) is 4.99 Å². The van der Waals surface area contributed by atoms with Gasteiger partial charge in [0.25, 0.3) is 0 Å². The van der Waals surface area contributed by atoms with E-state index < -0.39 is 23.8 Å². The molecule has 5 nitrogen and oxygen atoms in total. The number of nitrogens with two attached hydrogens (primary N) is 1. The zero-order valence-electron chi connectivity index (χ0n) is 17.5. The van der Waals surface area contributed by atoms with Gasteiger partial charge in [-0.3, -0.25) is 14.7 Å². The second-order valence-corrected chi connectivity index (χ2v) is 8.89. The number of hydrogen-bond acceptors (Lipinski definition) is 4. The van der Waals surface area contributed by atoms with Crippen LogP contribution in [-0.4, -0.2) is 41.9 Å². The summed E-state index contributed by atoms with van der Waals surface area (Å²) in [5.74, 6) is -1.34. The van der Waals surface area contributed by atoms with E-state index in [-0.39, 0.29) is 18.2 Å². The summed E-state index contributed by atoms with van der Waals surface area (Å²) in [5, 5.41) is 0.734. The van der Waals surface area contributed by atoms with Crippen molar-refractivity contribution in [1.29, 1.82) is 0 Å². The highest BCUT2D eigenvalue weighted by Gasteiger charge is 2.34. The highest BCUT2D eigenvalue weighted by Crippen LogP contribution is 2.37. The van der Waals surface area contributed by atoms with Crippen LogP contribution in [0.5, 0.6) is 5.75 Å². The number of rotatable bonds is 6. The first-order valence-electron chi connectivity index (χ1n) is 10.4. The molecule has 2 aromatic rings. The van der Waals surface area contributed by atoms with Crippen molar-refractivity contribution < 1.29 is 18.3 Å². The molecule has 170 valence electrons. The van der Waals surface area contributed by atoms with E-state index >= 15 is 0 Å². The Hall–Kier alpha value is -2.22. The summed E-state index contributed by atoms with van der Waals surface area (Å²) >= 11 is 12.4. The zero-order chi connectivity index (χ0) is 23.0. The van der Waals surface area contributed by atoms with Gasteiger partial charge in [-0.25, -0.2) is 8.78 Å². The Balaban J connectivity index is 1.44. The number of carbonyl (C=O) groups is 1. The fourth-order valence-electron chi connectivity index (χ4n) is 4.42. The molecular formula is C23H23Cl2F2N3O2. The molecule has 0 bridgehead atoms. The van der Waals surface area contributed by atoms with Crippen LogP contribution in [0.25, 0.3) is 0 Å². The predicted octanol–water partition coefficient (Wildman–Crippen LogP) is 4.73. The highest BCUT2D eigenvalue weighted by molar-refractivity contribution is 6.37. The van der Waals surface area contributed by atoms with Crippen LogP contribution in [0.1, 0.15) is 36.8 Å². The van der Waals surface area contributed by atoms with Gasteiger partial charge in [-0.1, -0.05) is 29.3 Å². The number of hydrogen-bond donors (Lipinski definition) is 1. The van der Waals surface area contributed by atoms with Crippen LogP contribution in [0.4, 0.5) is 8.78 Å². The Morgan fingerprint density at radius 1 is 1.28 bits per heavy atom. The zero-order valence-corrected chi connectivity index (χ0v) is 19.0. The number of amides is 1. The molecule has 2 aliphatic rings. The average molecular weight is 482 g/mol. The average Bonchev–Trinajstić information content (AvgIpc) is 3.38. The van der Waals surface area contributed by atoms with Gasteiger partial charge in [-0.05, 0) is 55.2 Å². The van der Waals surface area contributed by atoms with Crippen molar-refractivity contribution >= 4 is 34.9 Å². The van der Waals surface area contributed by atoms with Crippen molar-refractivity contribution in [2.24, 2.45) is 10.7 Å². The number of para-hydroxylation sites is 1. The summed E-state index contributed by atoms with van der Waals surface area (Å²) < 4.78 is 33.2. The molecule has 1 heterocycles. The Kier molecular flexibility index (Phi) is 6.70. The lowest BCUT2D eigenvalue weighted by Gasteiger charge is -2.27. The van der Waals surface area contributed by atoms with Crippen molar-refractivity contribution in [1.82, 2.24) is 4.90 Å². The van der Waals surface area contributed by atoms with E-state index in [1.807, 2.05) is 0 Å². The minimum absolute atomic E-state index is 0.0572. The van der Waals surface area contributed by atoms with Gasteiger partial charge in [0.05, 0.1) is 16.6 Å². The minimum atomic E-state index is -0.896. The molecule has 3 unspecified atom stereocenters. The number of fused-ring (bicyclic) bond motifs is 1. The summed E-state index contributed by atoms with van der Waals surface area (Å²) in [4.78, 5) is 19.1. The first-order chi connectivity index (χ1) is 15.3. The normalized spacial score (nSPS) is 19.5. The maximum absolute atomic E-state index is 13.8. The van der Waals surface area contributed by atoms with Crippen LogP contribution in [-0.2, 0) is 11.2 Å². The smallest absolute Gasteiger partial charge is 0.229 e. The third kappa shape index (κ3) is 4.47. The third-order valence-electron chi connectivity index (χ3n) is 5.99. The molecule has 0 fully saturated rings. The monoisotopic (exact) mass is 481 g/mol. The Morgan fingerprint density at radius 2 is 1.97 bits per heavy atom. The van der Waals surface area contributed by atoms with E-state index in [0.717, 1.165) is 5.56 Å². The number of aliphatic imine (C=N–C) groups is 1. The lowest BCUT2D eigenvalue weighted by Crippen LogP contribution is -2.44. The fraction of sp³-hybridized carbons (Fsp3) is 0.391. The van der Waals surface area contributed by atoms with Crippen LogP contribution in [0.15, 0.2) is 35.3 Å². The van der Waals surface area contributed by atoms with Crippen LogP contribution in [0.3, 0.4) is 0 Å². The van der Waals surface area contributed by atoms with Gasteiger partial charge in [-0.2, -0.15) is 0 Å². The van der Waals surface area contributed by atoms with Crippen LogP contribution >= 0.6 is 23.2 Å². The minimum Gasteiger partial charge on any atom is -0.480 e. The van der Waals surface area contributed by atoms with E-state index in [4.69, 9.17) is 33.7 Å². The molecule has 0 saturated carbocycles. The molecule has 3 atom stereocenters. The second-order valence-electron chi connectivity index (χ2n) is 8.07. The van der Waals surface area contributed by atoms with Gasteiger partial charge in [0.2, 0.25) is 5.91 Å². The summed E-state index contributed by atoms with van der Waals surface area (Å²) in [5.41, 5.74) is 7.80. The molecular weight excluding hydrogens is 459 g/mol. The van der Waals surface area contributed by atoms with Gasteiger partial charge in [0.1, 0.15) is 5.84 Å². The maximum atomic E-state index is 13.8. The molecule has 2 N–H and O–H groups in total. The number of nitrogens with zero attached hydrogens (tertiary/aromatic N) is 2. The van der Waals surface area contributed by atoms with Crippen LogP contribution < -0.4 is 10.5 Å². The molecule has 1 amide bonds. The maximum Gasteiger partial charge on any atom is 0.229 e. The van der Waals surface area contributed by atoms with Crippen LogP contribution in [0.2, 0.25) is 10.0 Å². The molecule has 0 radical (unpaired) electrons. The van der Waals surface area contributed by atoms with Gasteiger partial charge >= 0.3 is 0 Å². The lowest BCUT2D eigenvalue weighted by atomic mass is 9.91. The first-order valence-corrected chi connectivity index (χ1v) is 11.2. The van der Waals surface area contributed by atoms with E-state index in [1.54, 1.807) is 30.0 Å². The van der Waals surface area contributed by atoms with Crippen molar-refractivity contribution in [2.45, 2.75) is 44.2 Å². The number of amidine groups is 1. The summed E-state index contributed by atoms with van der Waals surface area (Å²) in [6.45, 7) is 2.65. The number of carbonyl (C=O) groups excluding carboxylic acids is 1. The topological polar surface area (TPSA) is 67.9 Å². The summed E-state index contributed by atoms with van der Waals surface area (Å²) in [7, 11) is 0. The molecule has 2 aromatic carbocycles. The lowest BCUT2D eigenvalue weighted by molar-refractivity contribution is -0.127. The molecule has 0 spiro atoms. The Bertz CT molecular complexity index is 1060. The Labute approximate surface area is 195 Å². The van der Waals surface area contributed by atoms with E-state index in [1.165, 1.54) is 12.1 Å². The molecule has 1 aliphatic carbocycles. The molecule has 9 heteroatoms. The highest BCUT2D eigenvalue weighted by atomic mass is 35.5. The van der Waals surface area contributed by atoms with Crippen molar-refractivity contribution in [2.75, 3.05) is 13.1 Å². The van der Waals surface area contributed by atoms with Gasteiger partial charge < -0.3 is 10.5 Å². The molecule has 1 aliphatic heterocycles. The predicted molar refractivity (Wildman–Crippen MR) is 121 cm³/mol. The third-order valence-corrected chi connectivity index (χ3v) is 6.58. The fourth-order valence-corrected chi connectivity index (χ4v) is 4.91. The van der Waals surface area contributed by atoms with Gasteiger partial charge in [0.15, 0.2) is 23.5 Å². The van der Waals surface area contributed by atoms with Crippen molar-refractivity contribution in [3.63, 3.8) is 0 Å². The largest absolute Gasteiger partial charge is 0.480 e. The quantitative estimate of drug-likeness (QED) is 0.648. The van der Waals surface area contributed by atoms with E-state index in [9.17, 15) is 13.6 Å². The van der Waals surface area contributed by atoms with Crippen molar-refractivity contribution in [3.05, 3.63) is 63.1 Å². The molecule has 0 aromatic heterocycles. The Morgan fingerprint density at radius 3 is 2.69 bits per heavy atom. The summed E-state index contributed by atoms with van der Waals surface area (Å²) in [6.07, 6.45) is 0.762. The number of aryl methyl sites for hydroxylation is 1. The van der Waals surface area contributed by atoms with Gasteiger partial charge in [0, 0.05) is 24.9 Å². The number of benzene rings is 2. The molecule has 4 rings (SSSR count). The SMILES string of the molecule is CC(Oc1c(Cl)cccc1Cl)C1=NCCN1C(=O)CC(N)C1CCc2cc(F)c(F)cc21. The molecule has 32 heavy (non-hydrogen) atoms. The van der Waals surface area contributed by atoms with E-state index in [0.29, 0.717) is 53.1 Å². The standard InChI is InChI=1S/C23H23Cl2F2N3O2/c1-12(32-22-16(24)3-2-4-17(22)25)23-29-7-8-30(23)21(31)11-20(28)14-6-5-13-9-18(26)19(27)10-15(13)14/h2-4,9-10,12,14,20H,5-8,11,28H2,1H3. The van der Waals surface area contributed by atoms with Crippen molar-refractivity contribution in [3.8, 4) is 5.75 Å². The van der Waals surface area contributed by atoms with Gasteiger partial charge in [-0.15, -0.1) is 0 Å². The second kappa shape index (κ2) is 9.33. The molecule has 0 saturated heterocycles.